The van der Waals surface area contributed by atoms with Gasteiger partial charge in [-0.25, -0.2) is 4.68 Å². The second-order valence-corrected chi connectivity index (χ2v) is 6.43. The zero-order valence-electron chi connectivity index (χ0n) is 15.6. The molecule has 144 valence electrons. The third kappa shape index (κ3) is 3.34. The number of nitro groups is 1. The van der Waals surface area contributed by atoms with E-state index in [-0.39, 0.29) is 22.7 Å². The second kappa shape index (κ2) is 7.81. The van der Waals surface area contributed by atoms with Crippen molar-refractivity contribution in [3.05, 3.63) is 112 Å². The van der Waals surface area contributed by atoms with Crippen molar-refractivity contribution in [1.29, 1.82) is 5.26 Å². The molecule has 0 radical (unpaired) electrons. The number of nitro benzene ring substituents is 1. The van der Waals surface area contributed by atoms with Crippen LogP contribution in [0.2, 0.25) is 0 Å². The number of non-ortho nitro benzene ring substituents is 1. The predicted molar refractivity (Wildman–Crippen MR) is 110 cm³/mol. The summed E-state index contributed by atoms with van der Waals surface area (Å²) < 4.78 is 1.48. The maximum Gasteiger partial charge on any atom is 0.269 e. The molecule has 0 bridgehead atoms. The van der Waals surface area contributed by atoms with Crippen LogP contribution in [0.5, 0.6) is 0 Å². The number of rotatable bonds is 5. The minimum atomic E-state index is -0.490. The number of benzene rings is 3. The summed E-state index contributed by atoms with van der Waals surface area (Å²) in [7, 11) is 0. The number of ketones is 1. The molecule has 0 aliphatic heterocycles. The van der Waals surface area contributed by atoms with Crippen molar-refractivity contribution in [1.82, 2.24) is 9.78 Å². The first kappa shape index (κ1) is 18.8. The Morgan fingerprint density at radius 2 is 1.53 bits per heavy atom. The van der Waals surface area contributed by atoms with Gasteiger partial charge in [-0.2, -0.15) is 10.4 Å². The molecule has 0 saturated heterocycles. The maximum absolute atomic E-state index is 13.3. The van der Waals surface area contributed by atoms with Gasteiger partial charge >= 0.3 is 0 Å². The molecular formula is C23H14N4O3. The van der Waals surface area contributed by atoms with Crippen LogP contribution >= 0.6 is 0 Å². The highest BCUT2D eigenvalue weighted by atomic mass is 16.6. The summed E-state index contributed by atoms with van der Waals surface area (Å²) >= 11 is 0. The van der Waals surface area contributed by atoms with Crippen LogP contribution < -0.4 is 0 Å². The van der Waals surface area contributed by atoms with Crippen molar-refractivity contribution in [2.75, 3.05) is 0 Å². The van der Waals surface area contributed by atoms with Crippen LogP contribution in [0.15, 0.2) is 84.9 Å². The van der Waals surface area contributed by atoms with Crippen LogP contribution in [0.25, 0.3) is 16.9 Å². The number of nitriles is 1. The summed E-state index contributed by atoms with van der Waals surface area (Å²) in [6.07, 6.45) is 0. The average Bonchev–Trinajstić information content (AvgIpc) is 3.19. The summed E-state index contributed by atoms with van der Waals surface area (Å²) in [4.78, 5) is 23.8. The lowest BCUT2D eigenvalue weighted by molar-refractivity contribution is -0.384. The van der Waals surface area contributed by atoms with Gasteiger partial charge in [-0.1, -0.05) is 60.7 Å². The molecule has 0 spiro atoms. The monoisotopic (exact) mass is 394 g/mol. The van der Waals surface area contributed by atoms with Crippen LogP contribution in [-0.4, -0.2) is 20.5 Å². The van der Waals surface area contributed by atoms with Crippen LogP contribution in [0.4, 0.5) is 5.69 Å². The van der Waals surface area contributed by atoms with E-state index in [0.717, 1.165) is 0 Å². The molecule has 0 saturated carbocycles. The summed E-state index contributed by atoms with van der Waals surface area (Å²) in [6, 6.07) is 25.6. The summed E-state index contributed by atoms with van der Waals surface area (Å²) in [5.41, 5.74) is 2.21. The molecule has 30 heavy (non-hydrogen) atoms. The number of carbonyl (C=O) groups is 1. The zero-order chi connectivity index (χ0) is 21.1. The highest BCUT2D eigenvalue weighted by molar-refractivity contribution is 6.13. The van der Waals surface area contributed by atoms with Gasteiger partial charge < -0.3 is 0 Å². The van der Waals surface area contributed by atoms with E-state index >= 15 is 0 Å². The quantitative estimate of drug-likeness (QED) is 0.281. The van der Waals surface area contributed by atoms with Gasteiger partial charge in [-0.15, -0.1) is 0 Å². The van der Waals surface area contributed by atoms with Crippen LogP contribution in [0.3, 0.4) is 0 Å². The minimum absolute atomic E-state index is 0.0129. The van der Waals surface area contributed by atoms with E-state index in [1.165, 1.54) is 28.9 Å². The molecule has 1 heterocycles. The van der Waals surface area contributed by atoms with Gasteiger partial charge in [-0.3, -0.25) is 14.9 Å². The molecule has 7 heteroatoms. The van der Waals surface area contributed by atoms with Crippen LogP contribution in [-0.2, 0) is 0 Å². The van der Waals surface area contributed by atoms with E-state index in [0.29, 0.717) is 22.5 Å². The highest BCUT2D eigenvalue weighted by Gasteiger charge is 2.26. The van der Waals surface area contributed by atoms with E-state index in [9.17, 15) is 20.2 Å². The molecule has 0 amide bonds. The Hall–Kier alpha value is -4.57. The van der Waals surface area contributed by atoms with Crippen molar-refractivity contribution in [3.8, 4) is 23.0 Å². The van der Waals surface area contributed by atoms with Crippen molar-refractivity contribution < 1.29 is 9.72 Å². The molecule has 7 nitrogen and oxygen atoms in total. The lowest BCUT2D eigenvalue weighted by Crippen LogP contribution is -2.05. The Bertz CT molecular complexity index is 1270. The molecule has 4 aromatic rings. The Balaban J connectivity index is 1.98. The van der Waals surface area contributed by atoms with Gasteiger partial charge in [0.25, 0.3) is 5.69 Å². The third-order valence-electron chi connectivity index (χ3n) is 4.61. The molecule has 1 aromatic heterocycles. The zero-order valence-corrected chi connectivity index (χ0v) is 15.6. The van der Waals surface area contributed by atoms with E-state index in [1.807, 2.05) is 36.4 Å². The Kier molecular flexibility index (Phi) is 4.89. The van der Waals surface area contributed by atoms with Gasteiger partial charge in [0.05, 0.1) is 21.9 Å². The van der Waals surface area contributed by atoms with Crippen molar-refractivity contribution >= 4 is 11.5 Å². The molecular weight excluding hydrogens is 380 g/mol. The molecule has 0 aliphatic carbocycles. The Morgan fingerprint density at radius 3 is 2.10 bits per heavy atom. The number of aromatic nitrogens is 2. The fourth-order valence-electron chi connectivity index (χ4n) is 3.21. The molecule has 0 aliphatic rings. The van der Waals surface area contributed by atoms with Crippen LogP contribution in [0.1, 0.15) is 21.6 Å². The molecule has 0 unspecified atom stereocenters. The third-order valence-corrected chi connectivity index (χ3v) is 4.61. The van der Waals surface area contributed by atoms with E-state index in [1.54, 1.807) is 30.3 Å². The molecule has 0 N–H and O–H groups in total. The fourth-order valence-corrected chi connectivity index (χ4v) is 3.21. The molecule has 0 fully saturated rings. The van der Waals surface area contributed by atoms with Crippen LogP contribution in [0, 0.1) is 21.4 Å². The number of carbonyl (C=O) groups excluding carboxylic acids is 1. The van der Waals surface area contributed by atoms with E-state index < -0.39 is 4.92 Å². The predicted octanol–water partition coefficient (Wildman–Crippen LogP) is 4.55. The number of nitrogens with zero attached hydrogens (tertiary/aromatic N) is 4. The van der Waals surface area contributed by atoms with Gasteiger partial charge in [-0.05, 0) is 12.1 Å². The topological polar surface area (TPSA) is 102 Å². The second-order valence-electron chi connectivity index (χ2n) is 6.43. The Morgan fingerprint density at radius 1 is 0.933 bits per heavy atom. The standard InChI is InChI=1S/C23H14N4O3/c24-15-20-21(23(28)17-9-5-2-6-10-17)22(16-7-3-1-4-8-16)26(25-20)18-11-13-19(14-12-18)27(29)30/h1-14H. The SMILES string of the molecule is N#Cc1nn(-c2ccc([N+](=O)[O-])cc2)c(-c2ccccc2)c1C(=O)c1ccccc1. The number of hydrogen-bond acceptors (Lipinski definition) is 5. The molecule has 0 atom stereocenters. The van der Waals surface area contributed by atoms with E-state index in [4.69, 9.17) is 0 Å². The molecule has 4 rings (SSSR count). The first-order chi connectivity index (χ1) is 14.6. The van der Waals surface area contributed by atoms with Crippen molar-refractivity contribution in [2.45, 2.75) is 0 Å². The first-order valence-corrected chi connectivity index (χ1v) is 9.03. The summed E-state index contributed by atoms with van der Waals surface area (Å²) in [6.45, 7) is 0. The van der Waals surface area contributed by atoms with Gasteiger partial charge in [0.1, 0.15) is 6.07 Å². The fraction of sp³-hybridized carbons (Fsp3) is 0. The van der Waals surface area contributed by atoms with Gasteiger partial charge in [0.2, 0.25) is 0 Å². The largest absolute Gasteiger partial charge is 0.288 e. The smallest absolute Gasteiger partial charge is 0.269 e. The van der Waals surface area contributed by atoms with Crippen molar-refractivity contribution in [3.63, 3.8) is 0 Å². The Labute approximate surface area is 171 Å². The lowest BCUT2D eigenvalue weighted by Gasteiger charge is -2.10. The maximum atomic E-state index is 13.3. The highest BCUT2D eigenvalue weighted by Crippen LogP contribution is 2.31. The minimum Gasteiger partial charge on any atom is -0.288 e. The molecule has 3 aromatic carbocycles. The van der Waals surface area contributed by atoms with E-state index in [2.05, 4.69) is 5.10 Å². The van der Waals surface area contributed by atoms with Gasteiger partial charge in [0.15, 0.2) is 11.5 Å². The summed E-state index contributed by atoms with van der Waals surface area (Å²) in [5, 5.41) is 25.0. The van der Waals surface area contributed by atoms with Crippen molar-refractivity contribution in [2.24, 2.45) is 0 Å². The van der Waals surface area contributed by atoms with Gasteiger partial charge in [0, 0.05) is 23.3 Å². The summed E-state index contributed by atoms with van der Waals surface area (Å²) in [5.74, 6) is -0.320. The average molecular weight is 394 g/mol. The lowest BCUT2D eigenvalue weighted by atomic mass is 9.97. The number of hydrogen-bond donors (Lipinski definition) is 0. The normalized spacial score (nSPS) is 10.4. The first-order valence-electron chi connectivity index (χ1n) is 9.03.